The number of rotatable bonds is 9. The van der Waals surface area contributed by atoms with Crippen LogP contribution >= 0.6 is 0 Å². The molecule has 0 atom stereocenters. The normalized spacial score (nSPS) is 10.3. The Morgan fingerprint density at radius 1 is 1.22 bits per heavy atom. The average Bonchev–Trinajstić information content (AvgIpc) is 3.03. The number of ether oxygens (including phenoxy) is 2. The lowest BCUT2D eigenvalue weighted by Gasteiger charge is -2.11. The second-order valence-corrected chi connectivity index (χ2v) is 5.77. The molecule has 2 aromatic rings. The van der Waals surface area contributed by atoms with Crippen LogP contribution in [0.15, 0.2) is 30.5 Å². The van der Waals surface area contributed by atoms with E-state index in [9.17, 15) is 14.4 Å². The van der Waals surface area contributed by atoms with Crippen molar-refractivity contribution in [1.29, 1.82) is 0 Å². The molecule has 0 radical (unpaired) electrons. The summed E-state index contributed by atoms with van der Waals surface area (Å²) < 4.78 is 12.0. The van der Waals surface area contributed by atoms with Gasteiger partial charge in [0, 0.05) is 12.1 Å². The Kier molecular flexibility index (Phi) is 7.10. The van der Waals surface area contributed by atoms with Crippen LogP contribution in [0.1, 0.15) is 47.9 Å². The van der Waals surface area contributed by atoms with Gasteiger partial charge in [0.25, 0.3) is 5.91 Å². The van der Waals surface area contributed by atoms with Crippen molar-refractivity contribution < 1.29 is 23.9 Å². The molecular formula is C19H23N3O5. The molecule has 0 saturated heterocycles. The third-order valence-corrected chi connectivity index (χ3v) is 3.64. The van der Waals surface area contributed by atoms with Crippen molar-refractivity contribution in [3.63, 3.8) is 0 Å². The van der Waals surface area contributed by atoms with E-state index in [2.05, 4.69) is 10.4 Å². The molecule has 0 bridgehead atoms. The number of ketones is 1. The number of amides is 1. The molecule has 0 fully saturated rings. The second kappa shape index (κ2) is 9.51. The van der Waals surface area contributed by atoms with E-state index in [1.807, 2.05) is 6.92 Å². The lowest BCUT2D eigenvalue weighted by Crippen LogP contribution is -2.23. The molecule has 0 unspecified atom stereocenters. The summed E-state index contributed by atoms with van der Waals surface area (Å²) in [5, 5.41) is 6.79. The van der Waals surface area contributed by atoms with Crippen molar-refractivity contribution in [3.05, 3.63) is 41.6 Å². The van der Waals surface area contributed by atoms with Gasteiger partial charge in [-0.1, -0.05) is 19.1 Å². The number of anilines is 1. The Morgan fingerprint density at radius 2 is 2.00 bits per heavy atom. The number of aryl methyl sites for hydroxylation is 1. The monoisotopic (exact) mass is 373 g/mol. The molecule has 0 aliphatic heterocycles. The number of carbonyl (C=O) groups excluding carboxylic acids is 3. The highest BCUT2D eigenvalue weighted by Gasteiger charge is 2.20. The van der Waals surface area contributed by atoms with Crippen LogP contribution in [0.5, 0.6) is 5.75 Å². The van der Waals surface area contributed by atoms with E-state index >= 15 is 0 Å². The maximum absolute atomic E-state index is 12.3. The molecule has 1 N–H and O–H groups in total. The van der Waals surface area contributed by atoms with Crippen molar-refractivity contribution in [2.45, 2.75) is 33.7 Å². The zero-order valence-electron chi connectivity index (χ0n) is 15.7. The zero-order valence-corrected chi connectivity index (χ0v) is 15.7. The predicted octanol–water partition coefficient (Wildman–Crippen LogP) is 2.69. The molecule has 1 aromatic heterocycles. The molecule has 144 valence electrons. The first-order valence-electron chi connectivity index (χ1n) is 8.72. The molecular weight excluding hydrogens is 350 g/mol. The summed E-state index contributed by atoms with van der Waals surface area (Å²) in [5.74, 6) is -0.406. The van der Waals surface area contributed by atoms with Crippen LogP contribution in [-0.2, 0) is 16.1 Å². The largest absolute Gasteiger partial charge is 0.484 e. The first-order chi connectivity index (χ1) is 13.0. The van der Waals surface area contributed by atoms with E-state index in [-0.39, 0.29) is 30.4 Å². The number of nitrogens with zero attached hydrogens (tertiary/aromatic N) is 2. The number of hydrogen-bond acceptors (Lipinski definition) is 6. The number of carbonyl (C=O) groups is 3. The Bertz CT molecular complexity index is 829. The van der Waals surface area contributed by atoms with Crippen LogP contribution in [0.3, 0.4) is 0 Å². The highest BCUT2D eigenvalue weighted by atomic mass is 16.5. The number of Topliss-reactive ketones (excluding diaryl/α,β-unsaturated/α-hetero) is 1. The lowest BCUT2D eigenvalue weighted by molar-refractivity contribution is -0.118. The quantitative estimate of drug-likeness (QED) is 0.536. The molecule has 0 aliphatic carbocycles. The summed E-state index contributed by atoms with van der Waals surface area (Å²) in [6, 6.07) is 6.58. The summed E-state index contributed by atoms with van der Waals surface area (Å²) in [6.45, 7) is 5.61. The van der Waals surface area contributed by atoms with E-state index in [0.29, 0.717) is 17.9 Å². The highest BCUT2D eigenvalue weighted by molar-refractivity contribution is 6.00. The fourth-order valence-electron chi connectivity index (χ4n) is 2.38. The number of aromatic nitrogens is 2. The minimum atomic E-state index is -0.551. The van der Waals surface area contributed by atoms with Crippen LogP contribution in [0.25, 0.3) is 0 Å². The Labute approximate surface area is 157 Å². The Hall–Kier alpha value is -3.16. The van der Waals surface area contributed by atoms with E-state index in [4.69, 9.17) is 9.47 Å². The van der Waals surface area contributed by atoms with Gasteiger partial charge in [0.15, 0.2) is 12.4 Å². The van der Waals surface area contributed by atoms with Gasteiger partial charge in [0.1, 0.15) is 17.1 Å². The van der Waals surface area contributed by atoms with Gasteiger partial charge < -0.3 is 14.8 Å². The van der Waals surface area contributed by atoms with Crippen molar-refractivity contribution in [2.75, 3.05) is 18.5 Å². The SMILES string of the molecule is CCCn1ncc(C(=O)OCC)c1NC(=O)COc1cccc(C(C)=O)c1. The molecule has 8 nitrogen and oxygen atoms in total. The first kappa shape index (κ1) is 20.2. The van der Waals surface area contributed by atoms with Crippen LogP contribution < -0.4 is 10.1 Å². The van der Waals surface area contributed by atoms with E-state index < -0.39 is 11.9 Å². The van der Waals surface area contributed by atoms with Gasteiger partial charge in [-0.3, -0.25) is 9.59 Å². The minimum absolute atomic E-state index is 0.0903. The van der Waals surface area contributed by atoms with Crippen molar-refractivity contribution in [3.8, 4) is 5.75 Å². The molecule has 1 amide bonds. The molecule has 0 aliphatic rings. The second-order valence-electron chi connectivity index (χ2n) is 5.77. The summed E-state index contributed by atoms with van der Waals surface area (Å²) in [4.78, 5) is 35.8. The van der Waals surface area contributed by atoms with Gasteiger partial charge in [-0.25, -0.2) is 9.48 Å². The molecule has 8 heteroatoms. The van der Waals surface area contributed by atoms with E-state index in [1.165, 1.54) is 13.1 Å². The van der Waals surface area contributed by atoms with E-state index in [1.54, 1.807) is 35.9 Å². The third-order valence-electron chi connectivity index (χ3n) is 3.64. The van der Waals surface area contributed by atoms with Gasteiger partial charge in [-0.2, -0.15) is 5.10 Å². The van der Waals surface area contributed by atoms with Gasteiger partial charge >= 0.3 is 5.97 Å². The lowest BCUT2D eigenvalue weighted by atomic mass is 10.1. The highest BCUT2D eigenvalue weighted by Crippen LogP contribution is 2.18. The molecule has 2 rings (SSSR count). The standard InChI is InChI=1S/C19H23N3O5/c1-4-9-22-18(16(11-20-22)19(25)26-5-2)21-17(24)12-27-15-8-6-7-14(10-15)13(3)23/h6-8,10-11H,4-5,9,12H2,1-3H3,(H,21,24). The first-order valence-corrected chi connectivity index (χ1v) is 8.72. The number of benzene rings is 1. The van der Waals surface area contributed by atoms with Crippen molar-refractivity contribution in [2.24, 2.45) is 0 Å². The average molecular weight is 373 g/mol. The van der Waals surface area contributed by atoms with Gasteiger partial charge in [0.05, 0.1) is 12.8 Å². The molecule has 27 heavy (non-hydrogen) atoms. The van der Waals surface area contributed by atoms with Crippen LogP contribution in [0.4, 0.5) is 5.82 Å². The summed E-state index contributed by atoms with van der Waals surface area (Å²) in [7, 11) is 0. The number of esters is 1. The van der Waals surface area contributed by atoms with Crippen molar-refractivity contribution in [1.82, 2.24) is 9.78 Å². The van der Waals surface area contributed by atoms with Gasteiger partial charge in [-0.15, -0.1) is 0 Å². The minimum Gasteiger partial charge on any atom is -0.484 e. The maximum atomic E-state index is 12.3. The van der Waals surface area contributed by atoms with Crippen molar-refractivity contribution >= 4 is 23.5 Å². The molecule has 0 spiro atoms. The fourth-order valence-corrected chi connectivity index (χ4v) is 2.38. The third kappa shape index (κ3) is 5.40. The maximum Gasteiger partial charge on any atom is 0.343 e. The topological polar surface area (TPSA) is 99.5 Å². The zero-order chi connectivity index (χ0) is 19.8. The molecule has 1 heterocycles. The van der Waals surface area contributed by atoms with E-state index in [0.717, 1.165) is 6.42 Å². The smallest absolute Gasteiger partial charge is 0.343 e. The summed E-state index contributed by atoms with van der Waals surface area (Å²) in [5.41, 5.74) is 0.691. The van der Waals surface area contributed by atoms with Gasteiger partial charge in [0.2, 0.25) is 0 Å². The number of hydrogen-bond donors (Lipinski definition) is 1. The summed E-state index contributed by atoms with van der Waals surface area (Å²) in [6.07, 6.45) is 2.15. The van der Waals surface area contributed by atoms with Crippen LogP contribution in [0.2, 0.25) is 0 Å². The van der Waals surface area contributed by atoms with Gasteiger partial charge in [-0.05, 0) is 32.4 Å². The Morgan fingerprint density at radius 3 is 2.67 bits per heavy atom. The molecule has 1 aromatic carbocycles. The predicted molar refractivity (Wildman–Crippen MR) is 99.0 cm³/mol. The molecule has 0 saturated carbocycles. The number of nitrogens with one attached hydrogen (secondary N) is 1. The van der Waals surface area contributed by atoms with Crippen LogP contribution in [-0.4, -0.2) is 40.7 Å². The van der Waals surface area contributed by atoms with Crippen LogP contribution in [0, 0.1) is 0 Å². The fraction of sp³-hybridized carbons (Fsp3) is 0.368. The Balaban J connectivity index is 2.08. The summed E-state index contributed by atoms with van der Waals surface area (Å²) >= 11 is 0.